The summed E-state index contributed by atoms with van der Waals surface area (Å²) in [6.45, 7) is 0. The van der Waals surface area contributed by atoms with E-state index >= 15 is 0 Å². The van der Waals surface area contributed by atoms with Gasteiger partial charge in [-0.05, 0) is 72.8 Å². The van der Waals surface area contributed by atoms with E-state index in [1.165, 1.54) is 21.6 Å². The summed E-state index contributed by atoms with van der Waals surface area (Å²) in [5.74, 6) is -1.68. The van der Waals surface area contributed by atoms with E-state index < -0.39 is 24.0 Å². The van der Waals surface area contributed by atoms with Crippen LogP contribution in [0.3, 0.4) is 0 Å². The Morgan fingerprint density at radius 3 is 1.21 bits per heavy atom. The number of carboxylic acids is 2. The Morgan fingerprint density at radius 1 is 0.658 bits per heavy atom. The van der Waals surface area contributed by atoms with Gasteiger partial charge in [0, 0.05) is 33.6 Å². The largest absolute Gasteiger partial charge is 0.480 e. The predicted molar refractivity (Wildman–Crippen MR) is 155 cm³/mol. The summed E-state index contributed by atoms with van der Waals surface area (Å²) in [5, 5.41) is 16.8. The predicted octanol–water partition coefficient (Wildman–Crippen LogP) is 3.85. The number of nitrogens with one attached hydrogen (secondary N) is 2. The maximum absolute atomic E-state index is 10.3. The number of H-pyrrole nitrogens is 2. The number of carbonyl (C=O) groups is 2. The quantitative estimate of drug-likeness (QED) is 0.128. The zero-order valence-corrected chi connectivity index (χ0v) is 21.7. The summed E-state index contributed by atoms with van der Waals surface area (Å²) in [4.78, 5) is 36.6. The molecule has 5 heterocycles. The highest BCUT2D eigenvalue weighted by Crippen LogP contribution is 2.22. The molecular weight excluding hydrogens is 524 g/mol. The zero-order valence-electron chi connectivity index (χ0n) is 20.1. The van der Waals surface area contributed by atoms with Gasteiger partial charge in [0.25, 0.3) is 0 Å². The van der Waals surface area contributed by atoms with Crippen LogP contribution in [-0.2, 0) is 9.59 Å². The molecule has 0 saturated carbocycles. The van der Waals surface area contributed by atoms with Gasteiger partial charge in [-0.3, -0.25) is 9.59 Å². The molecule has 2 unspecified atom stereocenters. The van der Waals surface area contributed by atoms with Crippen LogP contribution in [0.2, 0.25) is 0 Å². The van der Waals surface area contributed by atoms with Gasteiger partial charge in [0.15, 0.2) is 0 Å². The Kier molecular flexibility index (Phi) is 9.02. The fraction of sp³-hybridized carbons (Fsp3) is 0.154. The van der Waals surface area contributed by atoms with E-state index in [1.54, 1.807) is 0 Å². The van der Waals surface area contributed by atoms with Gasteiger partial charge in [-0.2, -0.15) is 0 Å². The smallest absolute Gasteiger partial charge is 0.321 e. The van der Waals surface area contributed by atoms with E-state index in [4.69, 9.17) is 21.7 Å². The highest BCUT2D eigenvalue weighted by atomic mass is 33.1. The number of rotatable bonds is 7. The highest BCUT2D eigenvalue weighted by Gasteiger charge is 2.14. The average Bonchev–Trinajstić information content (AvgIpc) is 3.68. The molecular formula is C26H26N6O4S2. The van der Waals surface area contributed by atoms with E-state index in [1.807, 2.05) is 48.6 Å². The lowest BCUT2D eigenvalue weighted by atomic mass is 10.3. The van der Waals surface area contributed by atoms with Crippen molar-refractivity contribution in [2.45, 2.75) is 12.1 Å². The van der Waals surface area contributed by atoms with Crippen molar-refractivity contribution in [3.8, 4) is 0 Å². The van der Waals surface area contributed by atoms with Crippen LogP contribution in [0.5, 0.6) is 0 Å². The first-order valence-electron chi connectivity index (χ1n) is 11.5. The van der Waals surface area contributed by atoms with Gasteiger partial charge >= 0.3 is 11.9 Å². The summed E-state index contributed by atoms with van der Waals surface area (Å²) in [6.07, 6.45) is 8.09. The van der Waals surface area contributed by atoms with Crippen LogP contribution in [0, 0.1) is 0 Å². The lowest BCUT2D eigenvalue weighted by Gasteiger charge is -2.07. The van der Waals surface area contributed by atoms with Crippen molar-refractivity contribution in [2.75, 3.05) is 11.5 Å². The van der Waals surface area contributed by atoms with E-state index in [-0.39, 0.29) is 11.5 Å². The van der Waals surface area contributed by atoms with Crippen molar-refractivity contribution in [3.63, 3.8) is 0 Å². The number of hydrogen-bond acceptors (Lipinski definition) is 8. The Labute approximate surface area is 225 Å². The number of aliphatic carboxylic acids is 2. The number of nitrogens with two attached hydrogens (primary N) is 2. The van der Waals surface area contributed by atoms with Gasteiger partial charge in [-0.15, -0.1) is 0 Å². The highest BCUT2D eigenvalue weighted by molar-refractivity contribution is 8.76. The van der Waals surface area contributed by atoms with Crippen LogP contribution in [0.1, 0.15) is 22.8 Å². The third kappa shape index (κ3) is 7.83. The molecule has 38 heavy (non-hydrogen) atoms. The zero-order chi connectivity index (χ0) is 27.1. The second kappa shape index (κ2) is 12.6. The normalized spacial score (nSPS) is 13.4. The van der Waals surface area contributed by atoms with Crippen LogP contribution in [0.15, 0.2) is 48.5 Å². The molecule has 2 atom stereocenters. The van der Waals surface area contributed by atoms with Crippen LogP contribution >= 0.6 is 21.6 Å². The third-order valence-electron chi connectivity index (χ3n) is 5.25. The summed E-state index contributed by atoms with van der Waals surface area (Å²) in [7, 11) is 2.41. The van der Waals surface area contributed by atoms with Crippen molar-refractivity contribution >= 4 is 79.9 Å². The van der Waals surface area contributed by atoms with E-state index in [9.17, 15) is 9.59 Å². The lowest BCUT2D eigenvalue weighted by molar-refractivity contribution is -0.138. The fourth-order valence-electron chi connectivity index (χ4n) is 3.33. The minimum atomic E-state index is -1.07. The monoisotopic (exact) mass is 550 g/mol. The molecule has 0 fully saturated rings. The van der Waals surface area contributed by atoms with Gasteiger partial charge in [0.1, 0.15) is 12.1 Å². The van der Waals surface area contributed by atoms with Gasteiger partial charge < -0.3 is 31.6 Å². The maximum atomic E-state index is 10.3. The van der Waals surface area contributed by atoms with Gasteiger partial charge in [-0.1, -0.05) is 21.6 Å². The molecule has 3 aromatic rings. The van der Waals surface area contributed by atoms with Crippen molar-refractivity contribution in [1.82, 2.24) is 19.9 Å². The molecule has 0 saturated heterocycles. The van der Waals surface area contributed by atoms with Crippen LogP contribution < -0.4 is 11.5 Å². The number of aromatic amines is 2. The van der Waals surface area contributed by atoms with Crippen LogP contribution in [0.4, 0.5) is 0 Å². The van der Waals surface area contributed by atoms with Crippen LogP contribution in [-0.4, -0.2) is 65.7 Å². The molecule has 8 bridgehead atoms. The SMILES string of the molecule is C1=Cc2cc3ccc(cc4nc(cc5ccc(cc1n2)[nH]5)C=C4)[nH]3.NC(CSSCC(N)C(=O)O)C(=O)O. The Bertz CT molecular complexity index is 1350. The molecule has 10 nitrogen and oxygen atoms in total. The summed E-state index contributed by atoms with van der Waals surface area (Å²) in [5.41, 5.74) is 18.3. The number of fused-ring (bicyclic) bond motifs is 8. The molecule has 0 amide bonds. The maximum Gasteiger partial charge on any atom is 0.321 e. The molecule has 3 aromatic heterocycles. The fourth-order valence-corrected chi connectivity index (χ4v) is 5.56. The minimum Gasteiger partial charge on any atom is -0.480 e. The molecule has 0 aromatic carbocycles. The van der Waals surface area contributed by atoms with Crippen molar-refractivity contribution in [1.29, 1.82) is 0 Å². The molecule has 8 N–H and O–H groups in total. The second-order valence-electron chi connectivity index (χ2n) is 8.36. The third-order valence-corrected chi connectivity index (χ3v) is 7.73. The number of aromatic nitrogens is 4. The minimum absolute atomic E-state index is 0.229. The van der Waals surface area contributed by atoms with Crippen molar-refractivity contribution in [3.05, 3.63) is 71.3 Å². The standard InChI is InChI=1S/C20H14N4.C6H12N2O4S2/c1-2-14-10-16-5-6-18(23-16)12-20-8-7-19(24-20)11-17-4-3-15(22-17)9-13(1)21-14;7-3(5(9)10)1-13-14-2-4(8)6(11)12/h1-12,21,24H;3-4H,1-2,7-8H2,(H,9,10)(H,11,12). The molecule has 2 aliphatic rings. The Hall–Kier alpha value is -3.84. The summed E-state index contributed by atoms with van der Waals surface area (Å²) >= 11 is 0. The second-order valence-corrected chi connectivity index (χ2v) is 10.9. The molecule has 2 aliphatic heterocycles. The van der Waals surface area contributed by atoms with Crippen molar-refractivity contribution < 1.29 is 19.8 Å². The Morgan fingerprint density at radius 2 is 0.947 bits per heavy atom. The Balaban J connectivity index is 0.000000208. The van der Waals surface area contributed by atoms with Gasteiger partial charge in [0.2, 0.25) is 0 Å². The summed E-state index contributed by atoms with van der Waals surface area (Å²) < 4.78 is 0. The van der Waals surface area contributed by atoms with E-state index in [0.717, 1.165) is 44.8 Å². The first kappa shape index (κ1) is 27.2. The number of carboxylic acid groups (broad SMARTS) is 2. The molecule has 0 spiro atoms. The first-order chi connectivity index (χ1) is 18.2. The first-order valence-corrected chi connectivity index (χ1v) is 14.0. The van der Waals surface area contributed by atoms with E-state index in [2.05, 4.69) is 44.2 Å². The van der Waals surface area contributed by atoms with Crippen molar-refractivity contribution in [2.24, 2.45) is 11.5 Å². The molecule has 196 valence electrons. The number of hydrogen-bond donors (Lipinski definition) is 6. The molecule has 0 radical (unpaired) electrons. The topological polar surface area (TPSA) is 184 Å². The number of nitrogens with zero attached hydrogens (tertiary/aromatic N) is 2. The van der Waals surface area contributed by atoms with Gasteiger partial charge in [-0.25, -0.2) is 9.97 Å². The van der Waals surface area contributed by atoms with E-state index in [0.29, 0.717) is 0 Å². The summed E-state index contributed by atoms with van der Waals surface area (Å²) in [6, 6.07) is 14.5. The average molecular weight is 551 g/mol. The van der Waals surface area contributed by atoms with Gasteiger partial charge in [0.05, 0.1) is 22.8 Å². The molecule has 0 aliphatic carbocycles. The van der Waals surface area contributed by atoms with Crippen LogP contribution in [0.25, 0.3) is 46.4 Å². The molecule has 5 rings (SSSR count). The molecule has 12 heteroatoms. The lowest BCUT2D eigenvalue weighted by Crippen LogP contribution is -2.33.